The van der Waals surface area contributed by atoms with Crippen molar-refractivity contribution in [1.82, 2.24) is 0 Å². The summed E-state index contributed by atoms with van der Waals surface area (Å²) in [5.41, 5.74) is 7.51. The molecule has 15 heavy (non-hydrogen) atoms. The van der Waals surface area contributed by atoms with Crippen molar-refractivity contribution in [2.45, 2.75) is 13.0 Å². The smallest absolute Gasteiger partial charge is 0.0834 e. The maximum absolute atomic E-state index is 9.22. The molecule has 0 saturated carbocycles. The first-order valence-electron chi connectivity index (χ1n) is 4.41. The van der Waals surface area contributed by atoms with Crippen molar-refractivity contribution in [2.24, 2.45) is 5.73 Å². The van der Waals surface area contributed by atoms with Gasteiger partial charge >= 0.3 is 0 Å². The number of aliphatic hydroxyl groups excluding tert-OH is 1. The number of aryl methyl sites for hydroxylation is 1. The molecule has 0 amide bonds. The quantitative estimate of drug-likeness (QED) is 0.763. The lowest BCUT2D eigenvalue weighted by Gasteiger charge is -2.12. The second-order valence-corrected chi connectivity index (χ2v) is 3.09. The standard InChI is InChI=1S/C10H16N2O.2ClH/c1-8-4-2-3-5-10(8)12-7-9(13)6-11;;/h2-5,9,12-13H,6-7,11H2,1H3;2*1H. The molecule has 0 saturated heterocycles. The number of aliphatic hydroxyl groups is 1. The maximum Gasteiger partial charge on any atom is 0.0834 e. The lowest BCUT2D eigenvalue weighted by atomic mass is 10.2. The third-order valence-electron chi connectivity index (χ3n) is 1.95. The first-order valence-corrected chi connectivity index (χ1v) is 4.41. The van der Waals surface area contributed by atoms with E-state index in [1.165, 1.54) is 5.56 Å². The van der Waals surface area contributed by atoms with Crippen LogP contribution in [0.25, 0.3) is 0 Å². The average molecular weight is 253 g/mol. The summed E-state index contributed by atoms with van der Waals surface area (Å²) in [5.74, 6) is 0. The van der Waals surface area contributed by atoms with Crippen molar-refractivity contribution in [1.29, 1.82) is 0 Å². The Morgan fingerprint density at radius 2 is 1.93 bits per heavy atom. The molecule has 0 heterocycles. The molecule has 0 aliphatic rings. The molecular weight excluding hydrogens is 235 g/mol. The van der Waals surface area contributed by atoms with Gasteiger partial charge in [-0.25, -0.2) is 0 Å². The summed E-state index contributed by atoms with van der Waals surface area (Å²) in [4.78, 5) is 0. The fourth-order valence-corrected chi connectivity index (χ4v) is 1.08. The Bertz CT molecular complexity index is 271. The van der Waals surface area contributed by atoms with Gasteiger partial charge < -0.3 is 16.2 Å². The number of nitrogens with one attached hydrogen (secondary N) is 1. The molecule has 1 atom stereocenters. The lowest BCUT2D eigenvalue weighted by Crippen LogP contribution is -2.27. The van der Waals surface area contributed by atoms with Gasteiger partial charge in [-0.15, -0.1) is 24.8 Å². The van der Waals surface area contributed by atoms with E-state index in [0.29, 0.717) is 13.1 Å². The van der Waals surface area contributed by atoms with E-state index in [-0.39, 0.29) is 24.8 Å². The average Bonchev–Trinajstić information content (AvgIpc) is 2.16. The van der Waals surface area contributed by atoms with Crippen molar-refractivity contribution in [3.05, 3.63) is 29.8 Å². The van der Waals surface area contributed by atoms with Crippen LogP contribution < -0.4 is 11.1 Å². The zero-order chi connectivity index (χ0) is 9.68. The maximum atomic E-state index is 9.22. The highest BCUT2D eigenvalue weighted by Crippen LogP contribution is 2.12. The van der Waals surface area contributed by atoms with E-state index in [0.717, 1.165) is 5.69 Å². The molecule has 3 nitrogen and oxygen atoms in total. The molecule has 1 aromatic carbocycles. The van der Waals surface area contributed by atoms with Gasteiger partial charge in [0, 0.05) is 18.8 Å². The number of anilines is 1. The molecule has 0 bridgehead atoms. The summed E-state index contributed by atoms with van der Waals surface area (Å²) in [6.45, 7) is 2.82. The number of benzene rings is 1. The van der Waals surface area contributed by atoms with Crippen LogP contribution >= 0.6 is 24.8 Å². The molecule has 0 fully saturated rings. The van der Waals surface area contributed by atoms with Crippen LogP contribution in [0.15, 0.2) is 24.3 Å². The lowest BCUT2D eigenvalue weighted by molar-refractivity contribution is 0.196. The summed E-state index contributed by atoms with van der Waals surface area (Å²) >= 11 is 0. The molecule has 1 unspecified atom stereocenters. The molecule has 0 aliphatic carbocycles. The molecule has 88 valence electrons. The van der Waals surface area contributed by atoms with Crippen LogP contribution in [-0.4, -0.2) is 24.3 Å². The number of hydrogen-bond acceptors (Lipinski definition) is 3. The Balaban J connectivity index is 0. The number of para-hydroxylation sites is 1. The minimum Gasteiger partial charge on any atom is -0.390 e. The van der Waals surface area contributed by atoms with Gasteiger partial charge in [0.1, 0.15) is 0 Å². The largest absolute Gasteiger partial charge is 0.390 e. The molecule has 1 rings (SSSR count). The summed E-state index contributed by atoms with van der Waals surface area (Å²) in [6.07, 6.45) is -0.473. The Morgan fingerprint density at radius 1 is 1.33 bits per heavy atom. The molecule has 0 aliphatic heterocycles. The monoisotopic (exact) mass is 252 g/mol. The first kappa shape index (κ1) is 16.9. The van der Waals surface area contributed by atoms with E-state index in [9.17, 15) is 5.11 Å². The minimum atomic E-state index is -0.473. The second-order valence-electron chi connectivity index (χ2n) is 3.09. The number of rotatable bonds is 4. The molecular formula is C10H18Cl2N2O. The van der Waals surface area contributed by atoms with Crippen LogP contribution in [0.5, 0.6) is 0 Å². The van der Waals surface area contributed by atoms with Crippen LogP contribution in [-0.2, 0) is 0 Å². The van der Waals surface area contributed by atoms with Crippen molar-refractivity contribution < 1.29 is 5.11 Å². The number of hydrogen-bond donors (Lipinski definition) is 3. The van der Waals surface area contributed by atoms with Gasteiger partial charge in [0.25, 0.3) is 0 Å². The zero-order valence-electron chi connectivity index (χ0n) is 8.64. The van der Waals surface area contributed by atoms with Crippen LogP contribution in [0.2, 0.25) is 0 Å². The van der Waals surface area contributed by atoms with Crippen LogP contribution in [0, 0.1) is 6.92 Å². The van der Waals surface area contributed by atoms with Crippen LogP contribution in [0.1, 0.15) is 5.56 Å². The summed E-state index contributed by atoms with van der Waals surface area (Å²) in [5, 5.41) is 12.4. The minimum absolute atomic E-state index is 0. The van der Waals surface area contributed by atoms with Gasteiger partial charge in [0.05, 0.1) is 6.10 Å². The first-order chi connectivity index (χ1) is 6.24. The summed E-state index contributed by atoms with van der Waals surface area (Å²) in [7, 11) is 0. The van der Waals surface area contributed by atoms with E-state index >= 15 is 0 Å². The Kier molecular flexibility index (Phi) is 9.93. The van der Waals surface area contributed by atoms with Crippen molar-refractivity contribution >= 4 is 30.5 Å². The fourth-order valence-electron chi connectivity index (χ4n) is 1.08. The summed E-state index contributed by atoms with van der Waals surface area (Å²) < 4.78 is 0. The predicted octanol–water partition coefficient (Wildman–Crippen LogP) is 1.57. The SMILES string of the molecule is Cc1ccccc1NCC(O)CN.Cl.Cl. The molecule has 0 spiro atoms. The summed E-state index contributed by atoms with van der Waals surface area (Å²) in [6, 6.07) is 7.96. The van der Waals surface area contributed by atoms with E-state index in [2.05, 4.69) is 5.32 Å². The Morgan fingerprint density at radius 3 is 2.47 bits per heavy atom. The van der Waals surface area contributed by atoms with Gasteiger partial charge in [0.2, 0.25) is 0 Å². The van der Waals surface area contributed by atoms with Gasteiger partial charge in [-0.3, -0.25) is 0 Å². The highest BCUT2D eigenvalue weighted by molar-refractivity contribution is 5.85. The molecule has 5 heteroatoms. The second kappa shape index (κ2) is 8.80. The number of halogens is 2. The van der Waals surface area contributed by atoms with E-state index < -0.39 is 6.10 Å². The van der Waals surface area contributed by atoms with Gasteiger partial charge in [-0.05, 0) is 18.6 Å². The molecule has 0 aromatic heterocycles. The third-order valence-corrected chi connectivity index (χ3v) is 1.95. The normalized spacial score (nSPS) is 10.9. The Hall–Kier alpha value is -0.480. The molecule has 4 N–H and O–H groups in total. The highest BCUT2D eigenvalue weighted by Gasteiger charge is 2.01. The predicted molar refractivity (Wildman–Crippen MR) is 69.2 cm³/mol. The topological polar surface area (TPSA) is 58.3 Å². The van der Waals surface area contributed by atoms with Crippen molar-refractivity contribution in [2.75, 3.05) is 18.4 Å². The van der Waals surface area contributed by atoms with Gasteiger partial charge in [0.15, 0.2) is 0 Å². The zero-order valence-corrected chi connectivity index (χ0v) is 10.3. The Labute approximate surface area is 103 Å². The van der Waals surface area contributed by atoms with E-state index in [1.54, 1.807) is 0 Å². The van der Waals surface area contributed by atoms with Crippen molar-refractivity contribution in [3.8, 4) is 0 Å². The molecule has 1 aromatic rings. The van der Waals surface area contributed by atoms with Crippen LogP contribution in [0.4, 0.5) is 5.69 Å². The highest BCUT2D eigenvalue weighted by atomic mass is 35.5. The fraction of sp³-hybridized carbons (Fsp3) is 0.400. The van der Waals surface area contributed by atoms with Crippen LogP contribution in [0.3, 0.4) is 0 Å². The van der Waals surface area contributed by atoms with E-state index in [1.807, 2.05) is 31.2 Å². The molecule has 0 radical (unpaired) electrons. The van der Waals surface area contributed by atoms with Gasteiger partial charge in [-0.1, -0.05) is 18.2 Å². The number of nitrogens with two attached hydrogens (primary N) is 1. The third kappa shape index (κ3) is 5.85. The van der Waals surface area contributed by atoms with Gasteiger partial charge in [-0.2, -0.15) is 0 Å². The van der Waals surface area contributed by atoms with E-state index in [4.69, 9.17) is 5.73 Å². The van der Waals surface area contributed by atoms with Crippen molar-refractivity contribution in [3.63, 3.8) is 0 Å².